The van der Waals surface area contributed by atoms with Crippen molar-refractivity contribution < 1.29 is 4.42 Å². The van der Waals surface area contributed by atoms with Gasteiger partial charge >= 0.3 is 0 Å². The monoisotopic (exact) mass is 665 g/mol. The lowest BCUT2D eigenvalue weighted by molar-refractivity contribution is 0.669. The standard InChI is InChI=1S/C46H27N5O/c47-28-29-18-20-31(21-19-29)35-15-9-17-41-43(35)37-24-22-34(27-42(37)52-41)45-48-44(32-12-5-2-6-13-32)49-46(50-45)51-39-16-8-7-14-36(39)38-26-33(23-25-40(38)51)30-10-3-1-4-11-30/h1-27H. The van der Waals surface area contributed by atoms with E-state index in [9.17, 15) is 5.26 Å². The van der Waals surface area contributed by atoms with Crippen LogP contribution in [0.15, 0.2) is 168 Å². The topological polar surface area (TPSA) is 80.5 Å². The van der Waals surface area contributed by atoms with Crippen molar-refractivity contribution in [1.29, 1.82) is 5.26 Å². The van der Waals surface area contributed by atoms with E-state index in [1.807, 2.05) is 78.9 Å². The highest BCUT2D eigenvalue weighted by molar-refractivity contribution is 6.13. The van der Waals surface area contributed by atoms with Gasteiger partial charge in [-0.05, 0) is 70.8 Å². The molecule has 10 aromatic rings. The fraction of sp³-hybridized carbons (Fsp3) is 0. The molecule has 10 rings (SSSR count). The molecule has 0 unspecified atom stereocenters. The van der Waals surface area contributed by atoms with Gasteiger partial charge in [0.15, 0.2) is 11.6 Å². The molecule has 0 saturated heterocycles. The third-order valence-electron chi connectivity index (χ3n) is 9.72. The minimum absolute atomic E-state index is 0.537. The van der Waals surface area contributed by atoms with Crippen LogP contribution in [-0.4, -0.2) is 19.5 Å². The van der Waals surface area contributed by atoms with Crippen LogP contribution < -0.4 is 0 Å². The number of hydrogen-bond acceptors (Lipinski definition) is 5. The van der Waals surface area contributed by atoms with Gasteiger partial charge in [-0.3, -0.25) is 4.57 Å². The molecule has 0 spiro atoms. The van der Waals surface area contributed by atoms with Crippen molar-refractivity contribution in [3.63, 3.8) is 0 Å². The number of nitrogens with zero attached hydrogens (tertiary/aromatic N) is 5. The highest BCUT2D eigenvalue weighted by Crippen LogP contribution is 2.39. The van der Waals surface area contributed by atoms with Crippen molar-refractivity contribution in [2.45, 2.75) is 0 Å². The smallest absolute Gasteiger partial charge is 0.238 e. The first kappa shape index (κ1) is 29.5. The molecule has 7 aromatic carbocycles. The van der Waals surface area contributed by atoms with E-state index >= 15 is 0 Å². The van der Waals surface area contributed by atoms with Gasteiger partial charge in [0.05, 0.1) is 22.7 Å². The maximum Gasteiger partial charge on any atom is 0.238 e. The zero-order valence-corrected chi connectivity index (χ0v) is 27.7. The van der Waals surface area contributed by atoms with E-state index in [1.165, 1.54) is 5.56 Å². The second-order valence-corrected chi connectivity index (χ2v) is 12.8. The summed E-state index contributed by atoms with van der Waals surface area (Å²) >= 11 is 0. The second kappa shape index (κ2) is 11.9. The predicted octanol–water partition coefficient (Wildman–Crippen LogP) is 11.4. The number of para-hydroxylation sites is 1. The molecule has 242 valence electrons. The molecule has 3 heterocycles. The van der Waals surface area contributed by atoms with Crippen LogP contribution in [0, 0.1) is 11.3 Å². The Bertz CT molecular complexity index is 3010. The molecule has 0 aliphatic carbocycles. The van der Waals surface area contributed by atoms with Crippen LogP contribution in [0.2, 0.25) is 0 Å². The number of nitriles is 1. The van der Waals surface area contributed by atoms with Crippen LogP contribution in [0.4, 0.5) is 0 Å². The lowest BCUT2D eigenvalue weighted by Gasteiger charge is -2.11. The predicted molar refractivity (Wildman–Crippen MR) is 208 cm³/mol. The maximum atomic E-state index is 9.31. The van der Waals surface area contributed by atoms with Crippen molar-refractivity contribution in [2.24, 2.45) is 0 Å². The molecule has 0 radical (unpaired) electrons. The molecule has 0 N–H and O–H groups in total. The van der Waals surface area contributed by atoms with Crippen LogP contribution in [0.5, 0.6) is 0 Å². The summed E-state index contributed by atoms with van der Waals surface area (Å²) in [5.41, 5.74) is 10.3. The number of aromatic nitrogens is 4. The summed E-state index contributed by atoms with van der Waals surface area (Å²) in [6.07, 6.45) is 0. The van der Waals surface area contributed by atoms with Gasteiger partial charge in [-0.15, -0.1) is 0 Å². The van der Waals surface area contributed by atoms with E-state index in [0.29, 0.717) is 23.2 Å². The van der Waals surface area contributed by atoms with Crippen molar-refractivity contribution in [2.75, 3.05) is 0 Å². The highest BCUT2D eigenvalue weighted by Gasteiger charge is 2.20. The summed E-state index contributed by atoms with van der Waals surface area (Å²) in [7, 11) is 0. The van der Waals surface area contributed by atoms with Crippen molar-refractivity contribution in [3.8, 4) is 57.0 Å². The summed E-state index contributed by atoms with van der Waals surface area (Å²) in [5.74, 6) is 1.67. The number of benzene rings is 7. The van der Waals surface area contributed by atoms with Crippen LogP contribution in [0.3, 0.4) is 0 Å². The van der Waals surface area contributed by atoms with Gasteiger partial charge < -0.3 is 4.42 Å². The molecule has 0 fully saturated rings. The Morgan fingerprint density at radius 2 is 1.13 bits per heavy atom. The molecule has 6 heteroatoms. The van der Waals surface area contributed by atoms with E-state index in [4.69, 9.17) is 19.4 Å². The SMILES string of the molecule is N#Cc1ccc(-c2cccc3oc4cc(-c5nc(-c6ccccc6)nc(-n6c7ccccc7c7cc(-c8ccccc8)ccc76)n5)ccc4c23)cc1. The van der Waals surface area contributed by atoms with Crippen molar-refractivity contribution in [1.82, 2.24) is 19.5 Å². The maximum absolute atomic E-state index is 9.31. The fourth-order valence-corrected chi connectivity index (χ4v) is 7.24. The summed E-state index contributed by atoms with van der Waals surface area (Å²) in [4.78, 5) is 15.3. The van der Waals surface area contributed by atoms with E-state index in [2.05, 4.69) is 95.6 Å². The second-order valence-electron chi connectivity index (χ2n) is 12.8. The van der Waals surface area contributed by atoms with Crippen LogP contribution >= 0.6 is 0 Å². The fourth-order valence-electron chi connectivity index (χ4n) is 7.24. The highest BCUT2D eigenvalue weighted by atomic mass is 16.3. The van der Waals surface area contributed by atoms with E-state index in [1.54, 1.807) is 0 Å². The van der Waals surface area contributed by atoms with E-state index in [-0.39, 0.29) is 0 Å². The van der Waals surface area contributed by atoms with Gasteiger partial charge in [0.25, 0.3) is 0 Å². The summed E-state index contributed by atoms with van der Waals surface area (Å²) < 4.78 is 8.61. The summed E-state index contributed by atoms with van der Waals surface area (Å²) in [6.45, 7) is 0. The van der Waals surface area contributed by atoms with Crippen LogP contribution in [-0.2, 0) is 0 Å². The molecule has 0 aliphatic heterocycles. The molecular weight excluding hydrogens is 639 g/mol. The number of furan rings is 1. The summed E-state index contributed by atoms with van der Waals surface area (Å²) in [5, 5.41) is 13.6. The Morgan fingerprint density at radius 1 is 0.462 bits per heavy atom. The molecule has 3 aromatic heterocycles. The van der Waals surface area contributed by atoms with Crippen LogP contribution in [0.1, 0.15) is 5.56 Å². The van der Waals surface area contributed by atoms with E-state index in [0.717, 1.165) is 71.6 Å². The average Bonchev–Trinajstić information content (AvgIpc) is 3.76. The first-order chi connectivity index (χ1) is 25.7. The summed E-state index contributed by atoms with van der Waals surface area (Å²) in [6, 6.07) is 57.5. The average molecular weight is 666 g/mol. The Kier molecular flexibility index (Phi) is 6.76. The molecule has 0 amide bonds. The lowest BCUT2D eigenvalue weighted by Crippen LogP contribution is -2.06. The zero-order chi connectivity index (χ0) is 34.6. The van der Waals surface area contributed by atoms with Crippen molar-refractivity contribution >= 4 is 43.7 Å². The third kappa shape index (κ3) is 4.84. The molecule has 0 bridgehead atoms. The minimum Gasteiger partial charge on any atom is -0.456 e. The van der Waals surface area contributed by atoms with Crippen LogP contribution in [0.25, 0.3) is 94.7 Å². The first-order valence-corrected chi connectivity index (χ1v) is 17.1. The normalized spacial score (nSPS) is 11.4. The number of hydrogen-bond donors (Lipinski definition) is 0. The molecule has 0 aliphatic rings. The molecule has 0 atom stereocenters. The quantitative estimate of drug-likeness (QED) is 0.183. The first-order valence-electron chi connectivity index (χ1n) is 17.1. The Labute approximate surface area is 298 Å². The molecule has 52 heavy (non-hydrogen) atoms. The largest absolute Gasteiger partial charge is 0.456 e. The minimum atomic E-state index is 0.537. The van der Waals surface area contributed by atoms with Gasteiger partial charge in [0.2, 0.25) is 5.95 Å². The van der Waals surface area contributed by atoms with Gasteiger partial charge in [0, 0.05) is 32.7 Å². The van der Waals surface area contributed by atoms with Gasteiger partial charge in [-0.1, -0.05) is 115 Å². The third-order valence-corrected chi connectivity index (χ3v) is 9.72. The zero-order valence-electron chi connectivity index (χ0n) is 27.7. The number of fused-ring (bicyclic) bond motifs is 6. The number of rotatable bonds is 5. The van der Waals surface area contributed by atoms with Gasteiger partial charge in [0.1, 0.15) is 11.2 Å². The lowest BCUT2D eigenvalue weighted by atomic mass is 9.98. The van der Waals surface area contributed by atoms with Gasteiger partial charge in [-0.25, -0.2) is 4.98 Å². The molecule has 0 saturated carbocycles. The Morgan fingerprint density at radius 3 is 1.92 bits per heavy atom. The molecule has 6 nitrogen and oxygen atoms in total. The Hall–Kier alpha value is -7.36. The van der Waals surface area contributed by atoms with E-state index < -0.39 is 0 Å². The molecular formula is C46H27N5O. The Balaban J connectivity index is 1.17. The van der Waals surface area contributed by atoms with Crippen molar-refractivity contribution in [3.05, 3.63) is 169 Å². The van der Waals surface area contributed by atoms with Gasteiger partial charge in [-0.2, -0.15) is 15.2 Å².